The minimum atomic E-state index is -0.690. The van der Waals surface area contributed by atoms with Crippen molar-refractivity contribution in [2.75, 3.05) is 13.2 Å². The van der Waals surface area contributed by atoms with Gasteiger partial charge in [-0.2, -0.15) is 0 Å². The van der Waals surface area contributed by atoms with Gasteiger partial charge in [-0.05, 0) is 5.56 Å². The van der Waals surface area contributed by atoms with Crippen molar-refractivity contribution in [1.82, 2.24) is 0 Å². The van der Waals surface area contributed by atoms with Crippen LogP contribution >= 0.6 is 0 Å². The monoisotopic (exact) mass is 252 g/mol. The molecule has 4 heteroatoms. The van der Waals surface area contributed by atoms with Gasteiger partial charge in [-0.3, -0.25) is 4.79 Å². The lowest BCUT2D eigenvalue weighted by molar-refractivity contribution is -0.145. The van der Waals surface area contributed by atoms with Crippen molar-refractivity contribution >= 4 is 5.97 Å². The first kappa shape index (κ1) is 14.7. The highest BCUT2D eigenvalue weighted by Crippen LogP contribution is 2.07. The Labute approximate surface area is 108 Å². The summed E-state index contributed by atoms with van der Waals surface area (Å²) in [6, 6.07) is 9.84. The molecule has 0 radical (unpaired) electrons. The predicted octanol–water partition coefficient (Wildman–Crippen LogP) is 1.76. The van der Waals surface area contributed by atoms with Crippen LogP contribution < -0.4 is 0 Å². The van der Waals surface area contributed by atoms with Crippen LogP contribution in [-0.4, -0.2) is 30.4 Å². The molecule has 0 saturated carbocycles. The molecule has 1 aromatic carbocycles. The molecule has 1 unspecified atom stereocenters. The number of esters is 1. The third kappa shape index (κ3) is 5.80. The molecule has 18 heavy (non-hydrogen) atoms. The van der Waals surface area contributed by atoms with Gasteiger partial charge in [-0.25, -0.2) is 0 Å². The lowest BCUT2D eigenvalue weighted by atomic mass is 10.1. The Bertz CT molecular complexity index is 350. The Balaban J connectivity index is 2.20. The highest BCUT2D eigenvalue weighted by Gasteiger charge is 2.15. The van der Waals surface area contributed by atoms with Crippen LogP contribution in [0.25, 0.3) is 0 Å². The van der Waals surface area contributed by atoms with E-state index in [1.54, 1.807) is 0 Å². The van der Waals surface area contributed by atoms with Crippen LogP contribution in [0.15, 0.2) is 30.3 Å². The number of aliphatic hydroxyl groups excluding tert-OH is 1. The molecule has 0 amide bonds. The first-order valence-electron chi connectivity index (χ1n) is 6.02. The SMILES string of the molecule is CC(=O)OC[C@@H](O)C(C)COCc1ccccc1. The molecular formula is C14H20O4. The fourth-order valence-corrected chi connectivity index (χ4v) is 1.41. The predicted molar refractivity (Wildman–Crippen MR) is 67.9 cm³/mol. The van der Waals surface area contributed by atoms with E-state index >= 15 is 0 Å². The standard InChI is InChI=1S/C14H20O4/c1-11(14(16)10-18-12(2)15)8-17-9-13-6-4-3-5-7-13/h3-7,11,14,16H,8-10H2,1-2H3/t11?,14-/m1/s1. The minimum absolute atomic E-state index is 0.0190. The third-order valence-corrected chi connectivity index (χ3v) is 2.61. The van der Waals surface area contributed by atoms with Crippen LogP contribution in [0.4, 0.5) is 0 Å². The maximum absolute atomic E-state index is 10.6. The van der Waals surface area contributed by atoms with Crippen LogP contribution in [0.3, 0.4) is 0 Å². The number of rotatable bonds is 7. The van der Waals surface area contributed by atoms with Crippen molar-refractivity contribution in [3.63, 3.8) is 0 Å². The Hall–Kier alpha value is -1.39. The summed E-state index contributed by atoms with van der Waals surface area (Å²) in [5, 5.41) is 9.71. The third-order valence-electron chi connectivity index (χ3n) is 2.61. The molecule has 0 spiro atoms. The molecule has 0 heterocycles. The van der Waals surface area contributed by atoms with E-state index in [4.69, 9.17) is 9.47 Å². The van der Waals surface area contributed by atoms with Crippen molar-refractivity contribution in [2.45, 2.75) is 26.6 Å². The first-order chi connectivity index (χ1) is 8.59. The van der Waals surface area contributed by atoms with Crippen LogP contribution in [0, 0.1) is 5.92 Å². The molecule has 100 valence electrons. The molecule has 0 bridgehead atoms. The molecule has 2 atom stereocenters. The van der Waals surface area contributed by atoms with Crippen molar-refractivity contribution in [1.29, 1.82) is 0 Å². The summed E-state index contributed by atoms with van der Waals surface area (Å²) in [7, 11) is 0. The fraction of sp³-hybridized carbons (Fsp3) is 0.500. The van der Waals surface area contributed by atoms with E-state index in [0.29, 0.717) is 13.2 Å². The maximum Gasteiger partial charge on any atom is 0.302 e. The van der Waals surface area contributed by atoms with E-state index in [1.165, 1.54) is 6.92 Å². The summed E-state index contributed by atoms with van der Waals surface area (Å²) in [5.41, 5.74) is 1.10. The van der Waals surface area contributed by atoms with Gasteiger partial charge >= 0.3 is 5.97 Å². The molecule has 0 aromatic heterocycles. The highest BCUT2D eigenvalue weighted by atomic mass is 16.5. The normalized spacial score (nSPS) is 13.9. The number of carbonyl (C=O) groups is 1. The number of benzene rings is 1. The summed E-state index contributed by atoms with van der Waals surface area (Å²) in [6.45, 7) is 4.15. The summed E-state index contributed by atoms with van der Waals surface area (Å²) in [6.07, 6.45) is -0.690. The molecule has 1 rings (SSSR count). The fourth-order valence-electron chi connectivity index (χ4n) is 1.41. The van der Waals surface area contributed by atoms with Crippen molar-refractivity contribution in [2.24, 2.45) is 5.92 Å². The smallest absolute Gasteiger partial charge is 0.302 e. The zero-order valence-corrected chi connectivity index (χ0v) is 10.8. The summed E-state index contributed by atoms with van der Waals surface area (Å²) in [5.74, 6) is -0.459. The van der Waals surface area contributed by atoms with Gasteiger partial charge in [-0.1, -0.05) is 37.3 Å². The highest BCUT2D eigenvalue weighted by molar-refractivity contribution is 5.65. The van der Waals surface area contributed by atoms with Gasteiger partial charge in [0.15, 0.2) is 0 Å². The van der Waals surface area contributed by atoms with E-state index in [1.807, 2.05) is 37.3 Å². The molecular weight excluding hydrogens is 232 g/mol. The largest absolute Gasteiger partial charge is 0.463 e. The van der Waals surface area contributed by atoms with Gasteiger partial charge in [0.25, 0.3) is 0 Å². The number of ether oxygens (including phenoxy) is 2. The second-order valence-electron chi connectivity index (χ2n) is 4.35. The molecule has 0 aliphatic carbocycles. The van der Waals surface area contributed by atoms with E-state index in [2.05, 4.69) is 0 Å². The van der Waals surface area contributed by atoms with Gasteiger partial charge in [0, 0.05) is 12.8 Å². The van der Waals surface area contributed by atoms with Gasteiger partial charge < -0.3 is 14.6 Å². The number of hydrogen-bond acceptors (Lipinski definition) is 4. The van der Waals surface area contributed by atoms with E-state index in [9.17, 15) is 9.90 Å². The lowest BCUT2D eigenvalue weighted by Gasteiger charge is -2.18. The number of hydrogen-bond donors (Lipinski definition) is 1. The van der Waals surface area contributed by atoms with Crippen LogP contribution in [0.5, 0.6) is 0 Å². The molecule has 1 aromatic rings. The van der Waals surface area contributed by atoms with Crippen molar-refractivity contribution < 1.29 is 19.4 Å². The van der Waals surface area contributed by atoms with Crippen molar-refractivity contribution in [3.05, 3.63) is 35.9 Å². The quantitative estimate of drug-likeness (QED) is 0.751. The first-order valence-corrected chi connectivity index (χ1v) is 6.02. The Kier molecular flexibility index (Phi) is 6.39. The second-order valence-corrected chi connectivity index (χ2v) is 4.35. The average Bonchev–Trinajstić information content (AvgIpc) is 2.37. The molecule has 0 aliphatic heterocycles. The number of carbonyl (C=O) groups excluding carboxylic acids is 1. The van der Waals surface area contributed by atoms with Crippen LogP contribution in [0.1, 0.15) is 19.4 Å². The molecule has 4 nitrogen and oxygen atoms in total. The van der Waals surface area contributed by atoms with Crippen molar-refractivity contribution in [3.8, 4) is 0 Å². The summed E-state index contributed by atoms with van der Waals surface area (Å²) in [4.78, 5) is 10.6. The van der Waals surface area contributed by atoms with Gasteiger partial charge in [0.1, 0.15) is 6.61 Å². The average molecular weight is 252 g/mol. The van der Waals surface area contributed by atoms with E-state index in [-0.39, 0.29) is 18.5 Å². The number of aliphatic hydroxyl groups is 1. The summed E-state index contributed by atoms with van der Waals surface area (Å²) < 4.78 is 10.3. The molecule has 0 saturated heterocycles. The Morgan fingerprint density at radius 3 is 2.56 bits per heavy atom. The van der Waals surface area contributed by atoms with Crippen LogP contribution in [0.2, 0.25) is 0 Å². The Morgan fingerprint density at radius 1 is 1.28 bits per heavy atom. The second kappa shape index (κ2) is 7.84. The lowest BCUT2D eigenvalue weighted by Crippen LogP contribution is -2.28. The zero-order valence-electron chi connectivity index (χ0n) is 10.8. The van der Waals surface area contributed by atoms with Crippen LogP contribution in [-0.2, 0) is 20.9 Å². The van der Waals surface area contributed by atoms with Gasteiger partial charge in [0.05, 0.1) is 19.3 Å². The topological polar surface area (TPSA) is 55.8 Å². The maximum atomic E-state index is 10.6. The van der Waals surface area contributed by atoms with Gasteiger partial charge in [0.2, 0.25) is 0 Å². The minimum Gasteiger partial charge on any atom is -0.463 e. The van der Waals surface area contributed by atoms with Gasteiger partial charge in [-0.15, -0.1) is 0 Å². The van der Waals surface area contributed by atoms with E-state index in [0.717, 1.165) is 5.56 Å². The molecule has 1 N–H and O–H groups in total. The molecule has 0 aliphatic rings. The summed E-state index contributed by atoms with van der Waals surface area (Å²) >= 11 is 0. The van der Waals surface area contributed by atoms with E-state index < -0.39 is 6.10 Å². The Morgan fingerprint density at radius 2 is 1.94 bits per heavy atom. The molecule has 0 fully saturated rings. The zero-order chi connectivity index (χ0) is 13.4.